The standard InChI is InChI=1S/C19H29NO3/c1-19(2,22)12-11-14-7-9-15(10-8-14)18(21)20-17-6-4-5-16(17)13-23-3/h7-10,16-17,22H,4-6,11-13H2,1-3H3,(H,20,21)/t16-,17-/m0/s1. The maximum atomic E-state index is 12.4. The first kappa shape index (κ1) is 18.0. The highest BCUT2D eigenvalue weighted by molar-refractivity contribution is 5.94. The molecule has 1 saturated carbocycles. The van der Waals surface area contributed by atoms with E-state index in [0.717, 1.165) is 31.2 Å². The summed E-state index contributed by atoms with van der Waals surface area (Å²) >= 11 is 0. The van der Waals surface area contributed by atoms with E-state index >= 15 is 0 Å². The molecule has 4 nitrogen and oxygen atoms in total. The minimum absolute atomic E-state index is 0.00737. The van der Waals surface area contributed by atoms with E-state index in [1.165, 1.54) is 0 Å². The molecule has 1 fully saturated rings. The van der Waals surface area contributed by atoms with Crippen LogP contribution in [0.2, 0.25) is 0 Å². The summed E-state index contributed by atoms with van der Waals surface area (Å²) in [6, 6.07) is 7.91. The first-order valence-electron chi connectivity index (χ1n) is 8.50. The average molecular weight is 319 g/mol. The summed E-state index contributed by atoms with van der Waals surface area (Å²) in [5.74, 6) is 0.419. The monoisotopic (exact) mass is 319 g/mol. The second-order valence-corrected chi connectivity index (χ2v) is 7.24. The number of nitrogens with one attached hydrogen (secondary N) is 1. The van der Waals surface area contributed by atoms with Crippen LogP contribution in [0, 0.1) is 5.92 Å². The van der Waals surface area contributed by atoms with Gasteiger partial charge in [0.1, 0.15) is 0 Å². The van der Waals surface area contributed by atoms with Crippen LogP contribution in [0.1, 0.15) is 55.5 Å². The molecule has 0 aromatic heterocycles. The summed E-state index contributed by atoms with van der Waals surface area (Å²) in [7, 11) is 1.71. The maximum absolute atomic E-state index is 12.4. The van der Waals surface area contributed by atoms with Crippen molar-refractivity contribution < 1.29 is 14.6 Å². The van der Waals surface area contributed by atoms with Gasteiger partial charge in [-0.15, -0.1) is 0 Å². The highest BCUT2D eigenvalue weighted by Gasteiger charge is 2.28. The Morgan fingerprint density at radius 1 is 1.30 bits per heavy atom. The van der Waals surface area contributed by atoms with Crippen LogP contribution >= 0.6 is 0 Å². The van der Waals surface area contributed by atoms with Crippen molar-refractivity contribution in [1.29, 1.82) is 0 Å². The van der Waals surface area contributed by atoms with Crippen molar-refractivity contribution in [2.45, 2.75) is 57.6 Å². The van der Waals surface area contributed by atoms with Gasteiger partial charge in [0, 0.05) is 24.6 Å². The number of carbonyl (C=O) groups excluding carboxylic acids is 1. The maximum Gasteiger partial charge on any atom is 0.251 e. The van der Waals surface area contributed by atoms with E-state index < -0.39 is 5.60 Å². The molecule has 1 aromatic carbocycles. The lowest BCUT2D eigenvalue weighted by Crippen LogP contribution is -2.38. The smallest absolute Gasteiger partial charge is 0.251 e. The molecular formula is C19H29NO3. The Balaban J connectivity index is 1.90. The number of hydrogen-bond acceptors (Lipinski definition) is 3. The molecule has 0 aliphatic heterocycles. The second kappa shape index (κ2) is 7.93. The molecule has 0 heterocycles. The molecule has 0 spiro atoms. The number of methoxy groups -OCH3 is 1. The van der Waals surface area contributed by atoms with Crippen LogP contribution in [-0.2, 0) is 11.2 Å². The Morgan fingerprint density at radius 2 is 2.00 bits per heavy atom. The van der Waals surface area contributed by atoms with Gasteiger partial charge in [0.15, 0.2) is 0 Å². The SMILES string of the molecule is COC[C@@H]1CCC[C@@H]1NC(=O)c1ccc(CCC(C)(C)O)cc1. The summed E-state index contributed by atoms with van der Waals surface area (Å²) in [5.41, 5.74) is 1.18. The predicted molar refractivity (Wildman–Crippen MR) is 91.5 cm³/mol. The molecule has 1 aromatic rings. The quantitative estimate of drug-likeness (QED) is 0.812. The summed E-state index contributed by atoms with van der Waals surface area (Å²) in [5, 5.41) is 12.9. The molecule has 1 amide bonds. The van der Waals surface area contributed by atoms with Crippen molar-refractivity contribution in [1.82, 2.24) is 5.32 Å². The number of aliphatic hydroxyl groups is 1. The van der Waals surface area contributed by atoms with Gasteiger partial charge in [-0.25, -0.2) is 0 Å². The number of hydrogen-bond donors (Lipinski definition) is 2. The van der Waals surface area contributed by atoms with Crippen LogP contribution in [0.25, 0.3) is 0 Å². The predicted octanol–water partition coefficient (Wildman–Crippen LogP) is 2.94. The number of carbonyl (C=O) groups is 1. The van der Waals surface area contributed by atoms with Crippen molar-refractivity contribution in [2.75, 3.05) is 13.7 Å². The molecule has 128 valence electrons. The topological polar surface area (TPSA) is 58.6 Å². The zero-order valence-corrected chi connectivity index (χ0v) is 14.5. The third-order valence-corrected chi connectivity index (χ3v) is 4.60. The van der Waals surface area contributed by atoms with Gasteiger partial charge in [-0.05, 0) is 57.2 Å². The van der Waals surface area contributed by atoms with Crippen LogP contribution < -0.4 is 5.32 Å². The molecule has 2 atom stereocenters. The van der Waals surface area contributed by atoms with Gasteiger partial charge in [0.2, 0.25) is 0 Å². The Bertz CT molecular complexity index is 504. The van der Waals surface area contributed by atoms with Crippen molar-refractivity contribution in [3.05, 3.63) is 35.4 Å². The van der Waals surface area contributed by atoms with Crippen LogP contribution in [0.5, 0.6) is 0 Å². The third kappa shape index (κ3) is 5.63. The normalized spacial score (nSPS) is 21.4. The van der Waals surface area contributed by atoms with Crippen LogP contribution in [0.15, 0.2) is 24.3 Å². The van der Waals surface area contributed by atoms with Gasteiger partial charge in [0.25, 0.3) is 5.91 Å². The van der Waals surface area contributed by atoms with Crippen LogP contribution in [0.3, 0.4) is 0 Å². The van der Waals surface area contributed by atoms with Crippen LogP contribution in [-0.4, -0.2) is 36.4 Å². The van der Waals surface area contributed by atoms with E-state index in [-0.39, 0.29) is 11.9 Å². The van der Waals surface area contributed by atoms with E-state index in [9.17, 15) is 9.90 Å². The fourth-order valence-corrected chi connectivity index (χ4v) is 3.17. The Kier molecular flexibility index (Phi) is 6.19. The van der Waals surface area contributed by atoms with E-state index in [1.807, 2.05) is 38.1 Å². The molecule has 2 rings (SSSR count). The number of aryl methyl sites for hydroxylation is 1. The molecule has 1 aliphatic rings. The van der Waals surface area contributed by atoms with Gasteiger partial charge >= 0.3 is 0 Å². The van der Waals surface area contributed by atoms with Gasteiger partial charge in [-0.2, -0.15) is 0 Å². The molecule has 2 N–H and O–H groups in total. The van der Waals surface area contributed by atoms with E-state index in [2.05, 4.69) is 5.32 Å². The van der Waals surface area contributed by atoms with Gasteiger partial charge in [-0.1, -0.05) is 18.6 Å². The average Bonchev–Trinajstić information content (AvgIpc) is 2.92. The van der Waals surface area contributed by atoms with Crippen molar-refractivity contribution in [2.24, 2.45) is 5.92 Å². The van der Waals surface area contributed by atoms with E-state index in [1.54, 1.807) is 7.11 Å². The number of ether oxygens (including phenoxy) is 1. The third-order valence-electron chi connectivity index (χ3n) is 4.60. The molecule has 0 radical (unpaired) electrons. The van der Waals surface area contributed by atoms with E-state index in [4.69, 9.17) is 4.74 Å². The number of rotatable bonds is 7. The van der Waals surface area contributed by atoms with Gasteiger partial charge in [0.05, 0.1) is 12.2 Å². The van der Waals surface area contributed by atoms with Gasteiger partial charge < -0.3 is 15.2 Å². The summed E-state index contributed by atoms with van der Waals surface area (Å²) in [4.78, 5) is 12.4. The highest BCUT2D eigenvalue weighted by atomic mass is 16.5. The Labute approximate surface area is 139 Å². The molecule has 1 aliphatic carbocycles. The zero-order chi connectivity index (χ0) is 16.9. The Hall–Kier alpha value is -1.39. The summed E-state index contributed by atoms with van der Waals surface area (Å²) < 4.78 is 5.24. The largest absolute Gasteiger partial charge is 0.390 e. The van der Waals surface area contributed by atoms with Crippen LogP contribution in [0.4, 0.5) is 0 Å². The molecule has 0 unspecified atom stereocenters. The lowest BCUT2D eigenvalue weighted by molar-refractivity contribution is 0.0713. The molecule has 0 bridgehead atoms. The zero-order valence-electron chi connectivity index (χ0n) is 14.5. The molecule has 4 heteroatoms. The van der Waals surface area contributed by atoms with Crippen molar-refractivity contribution in [3.63, 3.8) is 0 Å². The highest BCUT2D eigenvalue weighted by Crippen LogP contribution is 2.26. The minimum Gasteiger partial charge on any atom is -0.390 e. The summed E-state index contributed by atoms with van der Waals surface area (Å²) in [6.07, 6.45) is 4.82. The number of benzene rings is 1. The molecule has 0 saturated heterocycles. The second-order valence-electron chi connectivity index (χ2n) is 7.24. The lowest BCUT2D eigenvalue weighted by atomic mass is 9.98. The fourth-order valence-electron chi connectivity index (χ4n) is 3.17. The van der Waals surface area contributed by atoms with Gasteiger partial charge in [-0.3, -0.25) is 4.79 Å². The lowest BCUT2D eigenvalue weighted by Gasteiger charge is -2.20. The number of amides is 1. The van der Waals surface area contributed by atoms with Crippen molar-refractivity contribution >= 4 is 5.91 Å². The Morgan fingerprint density at radius 3 is 2.61 bits per heavy atom. The fraction of sp³-hybridized carbons (Fsp3) is 0.632. The minimum atomic E-state index is -0.658. The first-order valence-corrected chi connectivity index (χ1v) is 8.50. The first-order chi connectivity index (χ1) is 10.9. The molecular weight excluding hydrogens is 290 g/mol. The van der Waals surface area contributed by atoms with E-state index in [0.29, 0.717) is 24.5 Å². The molecule has 23 heavy (non-hydrogen) atoms. The summed E-state index contributed by atoms with van der Waals surface area (Å²) in [6.45, 7) is 4.33. The van der Waals surface area contributed by atoms with Crippen molar-refractivity contribution in [3.8, 4) is 0 Å².